The highest BCUT2D eigenvalue weighted by Gasteiger charge is 2.25. The van der Waals surface area contributed by atoms with Crippen molar-refractivity contribution in [2.45, 2.75) is 0 Å². The minimum Gasteiger partial charge on any atom is -0.453 e. The molecule has 0 radical (unpaired) electrons. The zero-order valence-corrected chi connectivity index (χ0v) is 28.1. The van der Waals surface area contributed by atoms with Gasteiger partial charge in [0.15, 0.2) is 23.0 Å². The van der Waals surface area contributed by atoms with Gasteiger partial charge in [-0.2, -0.15) is 0 Å². The first-order valence-electron chi connectivity index (χ1n) is 16.8. The zero-order valence-electron chi connectivity index (χ0n) is 28.1. The van der Waals surface area contributed by atoms with Crippen LogP contribution in [0.2, 0.25) is 0 Å². The number of fused-ring (bicyclic) bond motifs is 4. The lowest BCUT2D eigenvalue weighted by Gasteiger charge is -2.23. The van der Waals surface area contributed by atoms with Crippen LogP contribution in [0.1, 0.15) is 22.3 Å². The molecule has 0 aliphatic carbocycles. The molecule has 0 N–H and O–H groups in total. The van der Waals surface area contributed by atoms with Gasteiger partial charge in [0.1, 0.15) is 11.5 Å². The Kier molecular flexibility index (Phi) is 8.15. The van der Waals surface area contributed by atoms with Crippen LogP contribution >= 0.6 is 0 Å². The molecule has 51 heavy (non-hydrogen) atoms. The molecule has 0 fully saturated rings. The van der Waals surface area contributed by atoms with Gasteiger partial charge >= 0.3 is 0 Å². The summed E-state index contributed by atoms with van der Waals surface area (Å²) in [5, 5.41) is 7.82. The minimum absolute atomic E-state index is 0.522. The summed E-state index contributed by atoms with van der Waals surface area (Å²) in [5.74, 6) is 3.47. The van der Waals surface area contributed by atoms with Crippen molar-refractivity contribution in [2.75, 3.05) is 0 Å². The maximum Gasteiger partial charge on any atom is 0.178 e. The van der Waals surface area contributed by atoms with E-state index < -0.39 is 0 Å². The van der Waals surface area contributed by atoms with Gasteiger partial charge in [0.25, 0.3) is 0 Å². The standard InChI is InChI=1S/C48H34O3/c1-5-33-37-23-15-17-25-39(37)35(7-3)45-41(33)27-29-43(49-31-19-11-9-12-20-31)47(45)51-48-44(50-32-21-13-10-14-22-32)30-28-42-34(6-2)38-24-16-18-26-40(38)36(8-4)46(42)48/h5-30H,1-4H2. The smallest absolute Gasteiger partial charge is 0.178 e. The molecule has 8 aromatic rings. The van der Waals surface area contributed by atoms with Crippen LogP contribution in [0.15, 0.2) is 160 Å². The monoisotopic (exact) mass is 658 g/mol. The van der Waals surface area contributed by atoms with E-state index in [1.165, 1.54) is 0 Å². The third-order valence-electron chi connectivity index (χ3n) is 9.34. The summed E-state index contributed by atoms with van der Waals surface area (Å²) in [4.78, 5) is 0. The van der Waals surface area contributed by atoms with Crippen LogP contribution in [0.25, 0.3) is 67.4 Å². The number of rotatable bonds is 10. The summed E-state index contributed by atoms with van der Waals surface area (Å²) >= 11 is 0. The molecular weight excluding hydrogens is 625 g/mol. The van der Waals surface area contributed by atoms with Crippen LogP contribution < -0.4 is 14.2 Å². The first kappa shape index (κ1) is 31.4. The van der Waals surface area contributed by atoms with Gasteiger partial charge in [0.2, 0.25) is 0 Å². The molecule has 0 spiro atoms. The van der Waals surface area contributed by atoms with Gasteiger partial charge in [-0.25, -0.2) is 0 Å². The van der Waals surface area contributed by atoms with E-state index in [-0.39, 0.29) is 0 Å². The lowest BCUT2D eigenvalue weighted by Crippen LogP contribution is -1.99. The summed E-state index contributed by atoms with van der Waals surface area (Å²) in [6, 6.07) is 44.1. The van der Waals surface area contributed by atoms with Crippen molar-refractivity contribution in [3.8, 4) is 34.5 Å². The molecule has 244 valence electrons. The molecule has 0 aromatic heterocycles. The van der Waals surface area contributed by atoms with Gasteiger partial charge in [-0.05, 0) is 103 Å². The molecule has 8 aromatic carbocycles. The summed E-state index contributed by atoms with van der Waals surface area (Å²) in [5.41, 5.74) is 3.83. The maximum atomic E-state index is 7.38. The van der Waals surface area contributed by atoms with Gasteiger partial charge in [0, 0.05) is 10.8 Å². The van der Waals surface area contributed by atoms with E-state index in [9.17, 15) is 0 Å². The number of benzene rings is 8. The fraction of sp³-hybridized carbons (Fsp3) is 0. The zero-order chi connectivity index (χ0) is 34.9. The second-order valence-electron chi connectivity index (χ2n) is 12.1. The van der Waals surface area contributed by atoms with E-state index in [2.05, 4.69) is 62.7 Å². The molecule has 3 nitrogen and oxygen atoms in total. The van der Waals surface area contributed by atoms with Crippen molar-refractivity contribution in [3.05, 3.63) is 182 Å². The van der Waals surface area contributed by atoms with E-state index in [0.717, 1.165) is 65.3 Å². The molecule has 0 unspecified atom stereocenters. The van der Waals surface area contributed by atoms with Crippen molar-refractivity contribution in [2.24, 2.45) is 0 Å². The van der Waals surface area contributed by atoms with Crippen LogP contribution in [0, 0.1) is 0 Å². The van der Waals surface area contributed by atoms with E-state index in [0.29, 0.717) is 34.5 Å². The summed E-state index contributed by atoms with van der Waals surface area (Å²) in [7, 11) is 0. The summed E-state index contributed by atoms with van der Waals surface area (Å²) < 4.78 is 20.7. The molecule has 0 heterocycles. The average molecular weight is 659 g/mol. The Bertz CT molecular complexity index is 2480. The Labute approximate surface area is 297 Å². The van der Waals surface area contributed by atoms with Crippen molar-refractivity contribution >= 4 is 67.4 Å². The normalized spacial score (nSPS) is 11.1. The fourth-order valence-electron chi connectivity index (χ4n) is 7.14. The predicted octanol–water partition coefficient (Wildman–Crippen LogP) is 14.2. The van der Waals surface area contributed by atoms with Gasteiger partial charge < -0.3 is 14.2 Å². The van der Waals surface area contributed by atoms with Gasteiger partial charge in [-0.1, -0.05) is 136 Å². The molecule has 0 amide bonds. The van der Waals surface area contributed by atoms with Crippen LogP contribution in [-0.4, -0.2) is 0 Å². The average Bonchev–Trinajstić information content (AvgIpc) is 3.18. The molecular formula is C48H34O3. The predicted molar refractivity (Wildman–Crippen MR) is 216 cm³/mol. The molecule has 0 bridgehead atoms. The van der Waals surface area contributed by atoms with E-state index in [1.54, 1.807) is 0 Å². The first-order valence-corrected chi connectivity index (χ1v) is 16.8. The van der Waals surface area contributed by atoms with E-state index >= 15 is 0 Å². The number of hydrogen-bond acceptors (Lipinski definition) is 3. The highest BCUT2D eigenvalue weighted by Crippen LogP contribution is 2.51. The highest BCUT2D eigenvalue weighted by molar-refractivity contribution is 6.17. The molecule has 0 aliphatic rings. The molecule has 0 aliphatic heterocycles. The maximum absolute atomic E-state index is 7.38. The van der Waals surface area contributed by atoms with Crippen LogP contribution in [0.5, 0.6) is 34.5 Å². The second kappa shape index (κ2) is 13.2. The SMILES string of the molecule is C=Cc1c2ccccc2c(C=C)c2c(Oc3c(Oc4ccccc4)ccc4c(C=C)c5ccccc5c(C=C)c34)c(Oc3ccccc3)ccc12. The van der Waals surface area contributed by atoms with E-state index in [1.807, 2.05) is 121 Å². The van der Waals surface area contributed by atoms with Gasteiger partial charge in [-0.3, -0.25) is 0 Å². The van der Waals surface area contributed by atoms with Crippen molar-refractivity contribution < 1.29 is 14.2 Å². The lowest BCUT2D eigenvalue weighted by atomic mass is 9.90. The quantitative estimate of drug-likeness (QED) is 0.137. The Morgan fingerprint density at radius 2 is 0.647 bits per heavy atom. The molecule has 0 atom stereocenters. The second-order valence-corrected chi connectivity index (χ2v) is 12.1. The van der Waals surface area contributed by atoms with Gasteiger partial charge in [0.05, 0.1) is 0 Å². The van der Waals surface area contributed by atoms with Gasteiger partial charge in [-0.15, -0.1) is 0 Å². The topological polar surface area (TPSA) is 27.7 Å². The molecule has 0 saturated heterocycles. The van der Waals surface area contributed by atoms with E-state index in [4.69, 9.17) is 14.2 Å². The Balaban J connectivity index is 1.52. The summed E-state index contributed by atoms with van der Waals surface area (Å²) in [6.07, 6.45) is 7.58. The number of hydrogen-bond donors (Lipinski definition) is 0. The largest absolute Gasteiger partial charge is 0.453 e. The number of ether oxygens (including phenoxy) is 3. The lowest BCUT2D eigenvalue weighted by molar-refractivity contribution is 0.400. The van der Waals surface area contributed by atoms with Crippen molar-refractivity contribution in [1.82, 2.24) is 0 Å². The third kappa shape index (κ3) is 5.33. The summed E-state index contributed by atoms with van der Waals surface area (Å²) in [6.45, 7) is 17.0. The molecule has 8 rings (SSSR count). The Morgan fingerprint density at radius 1 is 0.314 bits per heavy atom. The van der Waals surface area contributed by atoms with Crippen LogP contribution in [0.3, 0.4) is 0 Å². The van der Waals surface area contributed by atoms with Crippen molar-refractivity contribution in [1.29, 1.82) is 0 Å². The van der Waals surface area contributed by atoms with Crippen LogP contribution in [0.4, 0.5) is 0 Å². The van der Waals surface area contributed by atoms with Crippen LogP contribution in [-0.2, 0) is 0 Å². The Morgan fingerprint density at radius 3 is 1.00 bits per heavy atom. The molecule has 0 saturated carbocycles. The fourth-order valence-corrected chi connectivity index (χ4v) is 7.14. The number of para-hydroxylation sites is 2. The third-order valence-corrected chi connectivity index (χ3v) is 9.34. The first-order chi connectivity index (χ1) is 25.1. The molecule has 3 heteroatoms. The highest BCUT2D eigenvalue weighted by atomic mass is 16.5. The van der Waals surface area contributed by atoms with Crippen molar-refractivity contribution in [3.63, 3.8) is 0 Å². The Hall–Kier alpha value is -6.84. The minimum atomic E-state index is 0.522.